The summed E-state index contributed by atoms with van der Waals surface area (Å²) in [6.07, 6.45) is 1.06. The van der Waals surface area contributed by atoms with E-state index in [0.717, 1.165) is 0 Å². The van der Waals surface area contributed by atoms with E-state index >= 15 is 0 Å². The number of benzene rings is 1. The van der Waals surface area contributed by atoms with Crippen LogP contribution >= 0.6 is 0 Å². The fraction of sp³-hybridized carbons (Fsp3) is 0.0909. The first-order valence-corrected chi connectivity index (χ1v) is 4.82. The van der Waals surface area contributed by atoms with Gasteiger partial charge in [-0.25, -0.2) is 4.98 Å². The van der Waals surface area contributed by atoms with Crippen molar-refractivity contribution < 1.29 is 14.8 Å². The van der Waals surface area contributed by atoms with Crippen molar-refractivity contribution in [2.24, 2.45) is 0 Å². The first-order chi connectivity index (χ1) is 8.09. The Morgan fingerprint density at radius 1 is 1.41 bits per heavy atom. The summed E-state index contributed by atoms with van der Waals surface area (Å²) in [6, 6.07) is 6.45. The predicted octanol–water partition coefficient (Wildman–Crippen LogP) is 1.77. The maximum absolute atomic E-state index is 11.0. The average Bonchev–Trinajstić information content (AvgIpc) is 2.27. The molecule has 0 spiro atoms. The van der Waals surface area contributed by atoms with E-state index in [9.17, 15) is 14.9 Å². The van der Waals surface area contributed by atoms with Gasteiger partial charge in [0.15, 0.2) is 0 Å². The quantitative estimate of drug-likeness (QED) is 0.642. The largest absolute Gasteiger partial charge is 0.481 e. The summed E-state index contributed by atoms with van der Waals surface area (Å²) in [4.78, 5) is 25.0. The highest BCUT2D eigenvalue weighted by Gasteiger charge is 2.20. The second-order valence-corrected chi connectivity index (χ2v) is 3.48. The van der Waals surface area contributed by atoms with Crippen LogP contribution in [-0.2, 0) is 11.2 Å². The molecule has 17 heavy (non-hydrogen) atoms. The first-order valence-electron chi connectivity index (χ1n) is 4.82. The Morgan fingerprint density at radius 3 is 2.82 bits per heavy atom. The van der Waals surface area contributed by atoms with E-state index in [-0.39, 0.29) is 23.2 Å². The van der Waals surface area contributed by atoms with Crippen LogP contribution in [0.15, 0.2) is 30.5 Å². The van der Waals surface area contributed by atoms with Gasteiger partial charge in [-0.05, 0) is 6.07 Å². The van der Waals surface area contributed by atoms with Crippen molar-refractivity contribution in [3.05, 3.63) is 46.1 Å². The number of rotatable bonds is 3. The number of hydrogen-bond acceptors (Lipinski definition) is 4. The Labute approximate surface area is 95.7 Å². The predicted molar refractivity (Wildman–Crippen MR) is 59.7 cm³/mol. The molecule has 2 aromatic rings. The van der Waals surface area contributed by atoms with Crippen molar-refractivity contribution in [2.45, 2.75) is 6.42 Å². The molecule has 0 atom stereocenters. The van der Waals surface area contributed by atoms with E-state index in [1.54, 1.807) is 18.2 Å². The summed E-state index contributed by atoms with van der Waals surface area (Å²) >= 11 is 0. The van der Waals surface area contributed by atoms with E-state index in [1.807, 2.05) is 0 Å². The van der Waals surface area contributed by atoms with E-state index in [2.05, 4.69) is 4.98 Å². The molecule has 6 heteroatoms. The van der Waals surface area contributed by atoms with Gasteiger partial charge in [0, 0.05) is 17.1 Å². The second-order valence-electron chi connectivity index (χ2n) is 3.48. The third kappa shape index (κ3) is 2.05. The summed E-state index contributed by atoms with van der Waals surface area (Å²) in [6.45, 7) is 0. The molecule has 86 valence electrons. The SMILES string of the molecule is O=C(O)Cc1ccc2cccnc2c1[N+](=O)[O-]. The van der Waals surface area contributed by atoms with Gasteiger partial charge < -0.3 is 5.11 Å². The molecule has 0 saturated heterocycles. The van der Waals surface area contributed by atoms with Crippen molar-refractivity contribution in [3.8, 4) is 0 Å². The van der Waals surface area contributed by atoms with Crippen molar-refractivity contribution in [2.75, 3.05) is 0 Å². The molecule has 6 nitrogen and oxygen atoms in total. The first kappa shape index (κ1) is 11.0. The normalized spacial score (nSPS) is 10.4. The number of pyridine rings is 1. The molecular formula is C11H8N2O4. The Morgan fingerprint density at radius 2 is 2.18 bits per heavy atom. The summed E-state index contributed by atoms with van der Waals surface area (Å²) in [5.74, 6) is -1.11. The number of hydrogen-bond donors (Lipinski definition) is 1. The topological polar surface area (TPSA) is 93.3 Å². The van der Waals surface area contributed by atoms with Gasteiger partial charge in [0.05, 0.1) is 11.3 Å². The highest BCUT2D eigenvalue weighted by atomic mass is 16.6. The van der Waals surface area contributed by atoms with Crippen LogP contribution in [0.5, 0.6) is 0 Å². The van der Waals surface area contributed by atoms with Crippen molar-refractivity contribution in [1.82, 2.24) is 4.98 Å². The maximum atomic E-state index is 11.0. The molecule has 0 bridgehead atoms. The molecule has 0 aliphatic carbocycles. The molecule has 1 aromatic carbocycles. The molecule has 1 aromatic heterocycles. The molecule has 1 N–H and O–H groups in total. The number of aliphatic carboxylic acids is 1. The van der Waals surface area contributed by atoms with E-state index < -0.39 is 10.9 Å². The van der Waals surface area contributed by atoms with Crippen LogP contribution in [0.3, 0.4) is 0 Å². The molecule has 0 unspecified atom stereocenters. The van der Waals surface area contributed by atoms with Crippen LogP contribution in [0.4, 0.5) is 5.69 Å². The molecule has 0 amide bonds. The lowest BCUT2D eigenvalue weighted by atomic mass is 10.1. The molecule has 0 saturated carbocycles. The van der Waals surface area contributed by atoms with Gasteiger partial charge in [0.1, 0.15) is 5.52 Å². The van der Waals surface area contributed by atoms with E-state index in [0.29, 0.717) is 5.39 Å². The lowest BCUT2D eigenvalue weighted by Gasteiger charge is -2.03. The van der Waals surface area contributed by atoms with E-state index in [4.69, 9.17) is 5.11 Å². The zero-order valence-corrected chi connectivity index (χ0v) is 8.66. The standard InChI is InChI=1S/C11H8N2O4/c14-9(15)6-8-4-3-7-2-1-5-12-10(7)11(8)13(16)17/h1-5H,6H2,(H,14,15). The zero-order valence-electron chi connectivity index (χ0n) is 8.66. The van der Waals surface area contributed by atoms with Crippen molar-refractivity contribution >= 4 is 22.6 Å². The number of carbonyl (C=O) groups is 1. The highest BCUT2D eigenvalue weighted by Crippen LogP contribution is 2.28. The molecule has 0 radical (unpaired) electrons. The van der Waals surface area contributed by atoms with Crippen LogP contribution < -0.4 is 0 Å². The number of nitrogens with zero attached hydrogens (tertiary/aromatic N) is 2. The number of nitro groups is 1. The summed E-state index contributed by atoms with van der Waals surface area (Å²) in [5.41, 5.74) is 0.149. The number of nitro benzene ring substituents is 1. The Balaban J connectivity index is 2.72. The minimum atomic E-state index is -1.11. The van der Waals surface area contributed by atoms with Gasteiger partial charge >= 0.3 is 5.97 Å². The molecular weight excluding hydrogens is 224 g/mol. The Kier molecular flexibility index (Phi) is 2.70. The molecule has 0 aliphatic rings. The number of aromatic nitrogens is 1. The van der Waals surface area contributed by atoms with Crippen LogP contribution in [0.1, 0.15) is 5.56 Å². The molecule has 0 fully saturated rings. The van der Waals surface area contributed by atoms with Gasteiger partial charge in [-0.15, -0.1) is 0 Å². The zero-order chi connectivity index (χ0) is 12.4. The van der Waals surface area contributed by atoms with Gasteiger partial charge in [-0.1, -0.05) is 18.2 Å². The lowest BCUT2D eigenvalue weighted by Crippen LogP contribution is -2.04. The van der Waals surface area contributed by atoms with Crippen LogP contribution in [0.25, 0.3) is 10.9 Å². The van der Waals surface area contributed by atoms with Gasteiger partial charge in [0.25, 0.3) is 5.69 Å². The molecule has 0 aliphatic heterocycles. The number of fused-ring (bicyclic) bond motifs is 1. The summed E-state index contributed by atoms with van der Waals surface area (Å²) in [5, 5.41) is 20.3. The molecule has 1 heterocycles. The van der Waals surface area contributed by atoms with Gasteiger partial charge in [-0.2, -0.15) is 0 Å². The molecule has 2 rings (SSSR count). The van der Waals surface area contributed by atoms with Crippen molar-refractivity contribution in [3.63, 3.8) is 0 Å². The smallest absolute Gasteiger partial charge is 0.308 e. The third-order valence-electron chi connectivity index (χ3n) is 2.36. The summed E-state index contributed by atoms with van der Waals surface area (Å²) < 4.78 is 0. The monoisotopic (exact) mass is 232 g/mol. The van der Waals surface area contributed by atoms with Crippen LogP contribution in [0.2, 0.25) is 0 Å². The van der Waals surface area contributed by atoms with Crippen LogP contribution in [-0.4, -0.2) is 21.0 Å². The Hall–Kier alpha value is -2.50. The third-order valence-corrected chi connectivity index (χ3v) is 2.36. The maximum Gasteiger partial charge on any atom is 0.308 e. The van der Waals surface area contributed by atoms with Crippen LogP contribution in [0, 0.1) is 10.1 Å². The van der Waals surface area contributed by atoms with Crippen molar-refractivity contribution in [1.29, 1.82) is 0 Å². The lowest BCUT2D eigenvalue weighted by molar-refractivity contribution is -0.383. The summed E-state index contributed by atoms with van der Waals surface area (Å²) in [7, 11) is 0. The van der Waals surface area contributed by atoms with E-state index in [1.165, 1.54) is 12.3 Å². The van der Waals surface area contributed by atoms with Gasteiger partial charge in [-0.3, -0.25) is 14.9 Å². The Bertz CT molecular complexity index is 609. The average molecular weight is 232 g/mol. The minimum Gasteiger partial charge on any atom is -0.481 e. The fourth-order valence-corrected chi connectivity index (χ4v) is 1.68. The number of carboxylic acid groups (broad SMARTS) is 1. The minimum absolute atomic E-state index is 0.161. The second kappa shape index (κ2) is 4.17. The number of carboxylic acids is 1. The van der Waals surface area contributed by atoms with Gasteiger partial charge in [0.2, 0.25) is 0 Å². The highest BCUT2D eigenvalue weighted by molar-refractivity contribution is 5.90. The fourth-order valence-electron chi connectivity index (χ4n) is 1.68.